The average molecular weight is 570 g/mol. The molecule has 1 aliphatic rings. The number of hydrogen-bond acceptors (Lipinski definition) is 1. The molecule has 0 radical (unpaired) electrons. The predicted octanol–water partition coefficient (Wildman–Crippen LogP) is 12.6. The molecule has 0 spiro atoms. The second kappa shape index (κ2) is 9.29. The summed E-state index contributed by atoms with van der Waals surface area (Å²) in [7, 11) is 0. The van der Waals surface area contributed by atoms with E-state index in [9.17, 15) is 0 Å². The maximum Gasteiger partial charge on any atom is 0.0546 e. The topological polar surface area (TPSA) is 3.24 Å². The maximum absolute atomic E-state index is 2.47. The van der Waals surface area contributed by atoms with Gasteiger partial charge in [-0.3, -0.25) is 0 Å². The normalized spacial score (nSPS) is 12.0. The van der Waals surface area contributed by atoms with Crippen LogP contribution in [0.5, 0.6) is 0 Å². The van der Waals surface area contributed by atoms with E-state index in [1.165, 1.54) is 81.8 Å². The first-order chi connectivity index (χ1) is 22.3. The van der Waals surface area contributed by atoms with E-state index < -0.39 is 0 Å². The van der Waals surface area contributed by atoms with E-state index in [-0.39, 0.29) is 0 Å². The fraction of sp³-hybridized carbons (Fsp3) is 0. The second-order valence-corrected chi connectivity index (χ2v) is 12.1. The lowest BCUT2D eigenvalue weighted by Gasteiger charge is -2.29. The molecule has 208 valence electrons. The summed E-state index contributed by atoms with van der Waals surface area (Å²) in [6.07, 6.45) is 0. The van der Waals surface area contributed by atoms with E-state index in [1.807, 2.05) is 0 Å². The Morgan fingerprint density at radius 2 is 0.800 bits per heavy atom. The molecule has 0 bridgehead atoms. The second-order valence-electron chi connectivity index (χ2n) is 12.1. The number of fused-ring (bicyclic) bond motifs is 9. The van der Waals surface area contributed by atoms with Crippen molar-refractivity contribution in [3.05, 3.63) is 164 Å². The molecule has 0 N–H and O–H groups in total. The van der Waals surface area contributed by atoms with Crippen molar-refractivity contribution in [2.75, 3.05) is 4.90 Å². The highest BCUT2D eigenvalue weighted by molar-refractivity contribution is 6.19. The molecular weight excluding hydrogens is 542 g/mol. The van der Waals surface area contributed by atoms with Crippen molar-refractivity contribution in [3.8, 4) is 22.3 Å². The molecule has 1 heteroatoms. The lowest BCUT2D eigenvalue weighted by atomic mass is 9.98. The molecule has 9 aromatic rings. The van der Waals surface area contributed by atoms with Crippen molar-refractivity contribution in [2.24, 2.45) is 0 Å². The molecule has 1 nitrogen and oxygen atoms in total. The van der Waals surface area contributed by atoms with Gasteiger partial charge in [-0.15, -0.1) is 0 Å². The highest BCUT2D eigenvalue weighted by atomic mass is 15.1. The molecule has 0 fully saturated rings. The number of anilines is 3. The Bertz CT molecular complexity index is 2540. The zero-order chi connectivity index (χ0) is 29.5. The van der Waals surface area contributed by atoms with Crippen LogP contribution in [0.25, 0.3) is 76.1 Å². The molecular formula is C44H27N. The van der Waals surface area contributed by atoms with Gasteiger partial charge in [-0.05, 0) is 101 Å². The Labute approximate surface area is 261 Å². The van der Waals surface area contributed by atoms with E-state index in [0.29, 0.717) is 0 Å². The highest BCUT2D eigenvalue weighted by Gasteiger charge is 2.27. The van der Waals surface area contributed by atoms with Gasteiger partial charge in [0.2, 0.25) is 0 Å². The van der Waals surface area contributed by atoms with Crippen LogP contribution in [0.1, 0.15) is 0 Å². The van der Waals surface area contributed by atoms with Gasteiger partial charge in [-0.2, -0.15) is 0 Å². The van der Waals surface area contributed by atoms with Crippen LogP contribution in [0.4, 0.5) is 17.1 Å². The van der Waals surface area contributed by atoms with Crippen LogP contribution in [0, 0.1) is 0 Å². The van der Waals surface area contributed by atoms with Gasteiger partial charge in [-0.25, -0.2) is 0 Å². The molecule has 9 aromatic carbocycles. The van der Waals surface area contributed by atoms with E-state index in [1.54, 1.807) is 0 Å². The lowest BCUT2D eigenvalue weighted by molar-refractivity contribution is 1.30. The molecule has 10 rings (SSSR count). The Morgan fingerprint density at radius 3 is 1.44 bits per heavy atom. The Balaban J connectivity index is 1.26. The quantitative estimate of drug-likeness (QED) is 0.191. The van der Waals surface area contributed by atoms with Crippen LogP contribution in [0.3, 0.4) is 0 Å². The zero-order valence-electron chi connectivity index (χ0n) is 24.5. The lowest BCUT2D eigenvalue weighted by Crippen LogP contribution is -2.11. The van der Waals surface area contributed by atoms with E-state index >= 15 is 0 Å². The maximum atomic E-state index is 2.47. The summed E-state index contributed by atoms with van der Waals surface area (Å²) in [5.41, 5.74) is 8.69. The van der Waals surface area contributed by atoms with Crippen LogP contribution in [0.2, 0.25) is 0 Å². The molecule has 0 heterocycles. The molecule has 0 atom stereocenters. The first-order valence-corrected chi connectivity index (χ1v) is 15.6. The summed E-state index contributed by atoms with van der Waals surface area (Å²) in [4.78, 5) is 2.47. The van der Waals surface area contributed by atoms with Crippen LogP contribution in [0.15, 0.2) is 164 Å². The summed E-state index contributed by atoms with van der Waals surface area (Å²) in [5.74, 6) is 0. The molecule has 1 aliphatic carbocycles. The Hall–Kier alpha value is -5.92. The standard InChI is InChI=1S/C44H27N/c1-3-12-35-28(8-1)18-20-31-26-33(22-24-37(31)35)45(34-23-25-38-32(27-34)21-19-29-9-2-4-13-36(29)38)42-17-7-15-40-39-14-5-10-30-11-6-16-41(43(30)39)44(40)42/h1-27H. The van der Waals surface area contributed by atoms with Crippen molar-refractivity contribution < 1.29 is 0 Å². The minimum atomic E-state index is 1.15. The van der Waals surface area contributed by atoms with Crippen LogP contribution >= 0.6 is 0 Å². The summed E-state index contributed by atoms with van der Waals surface area (Å²) in [6.45, 7) is 0. The Kier molecular flexibility index (Phi) is 5.06. The van der Waals surface area contributed by atoms with Gasteiger partial charge < -0.3 is 4.90 Å². The molecule has 0 aromatic heterocycles. The SMILES string of the molecule is c1cc2c(c(N(c3ccc4c(ccc5ccccc54)c3)c3ccc4c(ccc5ccccc54)c3)c1)-c1cccc3cccc-2c13. The summed E-state index contributed by atoms with van der Waals surface area (Å²) < 4.78 is 0. The van der Waals surface area contributed by atoms with Crippen molar-refractivity contribution in [1.82, 2.24) is 0 Å². The molecule has 0 amide bonds. The number of nitrogens with zero attached hydrogens (tertiary/aromatic N) is 1. The minimum absolute atomic E-state index is 1.15. The smallest absolute Gasteiger partial charge is 0.0546 e. The van der Waals surface area contributed by atoms with Gasteiger partial charge >= 0.3 is 0 Å². The number of benzene rings is 9. The summed E-state index contributed by atoms with van der Waals surface area (Å²) in [5, 5.41) is 12.8. The van der Waals surface area contributed by atoms with Gasteiger partial charge in [0.05, 0.1) is 5.69 Å². The highest BCUT2D eigenvalue weighted by Crippen LogP contribution is 2.53. The van der Waals surface area contributed by atoms with E-state index in [2.05, 4.69) is 169 Å². The van der Waals surface area contributed by atoms with Gasteiger partial charge in [0.25, 0.3) is 0 Å². The van der Waals surface area contributed by atoms with Gasteiger partial charge in [0.1, 0.15) is 0 Å². The summed E-state index contributed by atoms with van der Waals surface area (Å²) in [6, 6.07) is 60.4. The van der Waals surface area contributed by atoms with Gasteiger partial charge in [0, 0.05) is 16.9 Å². The van der Waals surface area contributed by atoms with Crippen molar-refractivity contribution >= 4 is 70.9 Å². The van der Waals surface area contributed by atoms with Crippen LogP contribution in [-0.4, -0.2) is 0 Å². The minimum Gasteiger partial charge on any atom is -0.310 e. The Morgan fingerprint density at radius 1 is 0.311 bits per heavy atom. The third kappa shape index (κ3) is 3.56. The summed E-state index contributed by atoms with van der Waals surface area (Å²) >= 11 is 0. The zero-order valence-corrected chi connectivity index (χ0v) is 24.5. The molecule has 45 heavy (non-hydrogen) atoms. The monoisotopic (exact) mass is 569 g/mol. The van der Waals surface area contributed by atoms with Crippen molar-refractivity contribution in [2.45, 2.75) is 0 Å². The van der Waals surface area contributed by atoms with Crippen molar-refractivity contribution in [3.63, 3.8) is 0 Å². The molecule has 0 saturated heterocycles. The molecule has 0 aliphatic heterocycles. The number of hydrogen-bond donors (Lipinski definition) is 0. The fourth-order valence-corrected chi connectivity index (χ4v) is 7.71. The van der Waals surface area contributed by atoms with Gasteiger partial charge in [-0.1, -0.05) is 133 Å². The molecule has 0 unspecified atom stereocenters. The van der Waals surface area contributed by atoms with Crippen LogP contribution < -0.4 is 4.90 Å². The van der Waals surface area contributed by atoms with E-state index in [4.69, 9.17) is 0 Å². The first-order valence-electron chi connectivity index (χ1n) is 15.6. The van der Waals surface area contributed by atoms with Gasteiger partial charge in [0.15, 0.2) is 0 Å². The molecule has 0 saturated carbocycles. The van der Waals surface area contributed by atoms with E-state index in [0.717, 1.165) is 11.4 Å². The third-order valence-corrected chi connectivity index (χ3v) is 9.72. The van der Waals surface area contributed by atoms with Crippen molar-refractivity contribution in [1.29, 1.82) is 0 Å². The fourth-order valence-electron chi connectivity index (χ4n) is 7.71. The average Bonchev–Trinajstić information content (AvgIpc) is 3.44. The predicted molar refractivity (Wildman–Crippen MR) is 193 cm³/mol. The third-order valence-electron chi connectivity index (χ3n) is 9.72. The first kappa shape index (κ1) is 24.5. The number of rotatable bonds is 3. The largest absolute Gasteiger partial charge is 0.310 e. The van der Waals surface area contributed by atoms with Crippen LogP contribution in [-0.2, 0) is 0 Å².